The van der Waals surface area contributed by atoms with Gasteiger partial charge in [-0.1, -0.05) is 18.2 Å². The Kier molecular flexibility index (Phi) is 5.66. The zero-order chi connectivity index (χ0) is 18.8. The number of aliphatic hydroxyl groups is 1. The molecule has 2 heterocycles. The van der Waals surface area contributed by atoms with Gasteiger partial charge in [0.15, 0.2) is 0 Å². The normalized spacial score (nSPS) is 31.7. The summed E-state index contributed by atoms with van der Waals surface area (Å²) in [7, 11) is 0. The first kappa shape index (κ1) is 18.7. The average Bonchev–Trinajstić information content (AvgIpc) is 3.10. The summed E-state index contributed by atoms with van der Waals surface area (Å²) >= 11 is 0. The summed E-state index contributed by atoms with van der Waals surface area (Å²) in [5.74, 6) is 1.31. The number of likely N-dealkylation sites (tertiary alicyclic amines) is 1. The Balaban J connectivity index is 1.32. The number of aromatic hydroxyl groups is 1. The van der Waals surface area contributed by atoms with Crippen molar-refractivity contribution in [1.82, 2.24) is 9.80 Å². The van der Waals surface area contributed by atoms with E-state index in [2.05, 4.69) is 4.90 Å². The monoisotopic (exact) mass is 374 g/mol. The fraction of sp³-hybridized carbons (Fsp3) is 0.667. The van der Waals surface area contributed by atoms with Crippen LogP contribution in [0.3, 0.4) is 0 Å². The van der Waals surface area contributed by atoms with E-state index in [-0.39, 0.29) is 23.8 Å². The van der Waals surface area contributed by atoms with Gasteiger partial charge in [0, 0.05) is 38.6 Å². The Morgan fingerprint density at radius 1 is 1.11 bits per heavy atom. The van der Waals surface area contributed by atoms with Gasteiger partial charge < -0.3 is 19.8 Å². The summed E-state index contributed by atoms with van der Waals surface area (Å²) in [6.45, 7) is 4.84. The first-order valence-corrected chi connectivity index (χ1v) is 10.2. The van der Waals surface area contributed by atoms with E-state index in [4.69, 9.17) is 4.74 Å². The number of carbonyl (C=O) groups excluding carboxylic acids is 1. The summed E-state index contributed by atoms with van der Waals surface area (Å²) in [5, 5.41) is 20.5. The molecule has 2 N–H and O–H groups in total. The molecule has 2 aliphatic heterocycles. The Morgan fingerprint density at radius 2 is 1.81 bits per heavy atom. The number of amides is 1. The van der Waals surface area contributed by atoms with E-state index in [1.54, 1.807) is 12.1 Å². The SMILES string of the molecule is O=C(CCc1ccccc1O)N1C[C@H]2C[C@@H](N3CCOCC3)[C@H](O)C[C@H]2C1. The number of nitrogens with zero attached hydrogens (tertiary/aromatic N) is 2. The van der Waals surface area contributed by atoms with Gasteiger partial charge in [0.1, 0.15) is 5.75 Å². The van der Waals surface area contributed by atoms with Crippen molar-refractivity contribution in [3.05, 3.63) is 29.8 Å². The van der Waals surface area contributed by atoms with Gasteiger partial charge in [-0.05, 0) is 42.7 Å². The van der Waals surface area contributed by atoms with E-state index in [0.717, 1.165) is 57.8 Å². The molecule has 0 radical (unpaired) electrons. The highest BCUT2D eigenvalue weighted by Crippen LogP contribution is 2.38. The number of rotatable bonds is 4. The molecule has 0 spiro atoms. The van der Waals surface area contributed by atoms with Gasteiger partial charge in [-0.25, -0.2) is 0 Å². The van der Waals surface area contributed by atoms with Crippen LogP contribution in [0.2, 0.25) is 0 Å². The highest BCUT2D eigenvalue weighted by molar-refractivity contribution is 5.77. The third-order valence-corrected chi connectivity index (χ3v) is 6.58. The van der Waals surface area contributed by atoms with Gasteiger partial charge in [-0.15, -0.1) is 0 Å². The van der Waals surface area contributed by atoms with Gasteiger partial charge in [0.05, 0.1) is 19.3 Å². The molecule has 1 saturated carbocycles. The third-order valence-electron chi connectivity index (χ3n) is 6.58. The summed E-state index contributed by atoms with van der Waals surface area (Å²) in [6.07, 6.45) is 2.44. The van der Waals surface area contributed by atoms with Gasteiger partial charge in [0.2, 0.25) is 5.91 Å². The molecular formula is C21H30N2O4. The summed E-state index contributed by atoms with van der Waals surface area (Å²) in [5.41, 5.74) is 0.824. The molecule has 1 aromatic rings. The number of fused-ring (bicyclic) bond motifs is 1. The Morgan fingerprint density at radius 3 is 2.56 bits per heavy atom. The van der Waals surface area contributed by atoms with Crippen molar-refractivity contribution in [3.8, 4) is 5.75 Å². The van der Waals surface area contributed by atoms with Crippen molar-refractivity contribution in [1.29, 1.82) is 0 Å². The Hall–Kier alpha value is -1.63. The fourth-order valence-electron chi connectivity index (χ4n) is 5.03. The number of para-hydroxylation sites is 1. The molecule has 6 heteroatoms. The number of ether oxygens (including phenoxy) is 1. The van der Waals surface area contributed by atoms with Gasteiger partial charge >= 0.3 is 0 Å². The second-order valence-electron chi connectivity index (χ2n) is 8.20. The van der Waals surface area contributed by atoms with Crippen LogP contribution in [0, 0.1) is 11.8 Å². The Labute approximate surface area is 160 Å². The molecule has 3 fully saturated rings. The third kappa shape index (κ3) is 4.13. The Bertz CT molecular complexity index is 661. The van der Waals surface area contributed by atoms with E-state index in [1.165, 1.54) is 0 Å². The second kappa shape index (κ2) is 8.17. The molecule has 0 aromatic heterocycles. The lowest BCUT2D eigenvalue weighted by Crippen LogP contribution is -2.53. The van der Waals surface area contributed by atoms with Crippen LogP contribution in [-0.4, -0.2) is 77.5 Å². The van der Waals surface area contributed by atoms with Crippen LogP contribution >= 0.6 is 0 Å². The molecular weight excluding hydrogens is 344 g/mol. The van der Waals surface area contributed by atoms with Gasteiger partial charge in [-0.2, -0.15) is 0 Å². The van der Waals surface area contributed by atoms with Crippen LogP contribution in [-0.2, 0) is 16.0 Å². The predicted octanol–water partition coefficient (Wildman–Crippen LogP) is 1.25. The first-order valence-electron chi connectivity index (χ1n) is 10.2. The minimum Gasteiger partial charge on any atom is -0.508 e. The van der Waals surface area contributed by atoms with Crippen LogP contribution in [0.5, 0.6) is 5.75 Å². The van der Waals surface area contributed by atoms with Crippen molar-refractivity contribution in [2.75, 3.05) is 39.4 Å². The predicted molar refractivity (Wildman–Crippen MR) is 101 cm³/mol. The maximum Gasteiger partial charge on any atom is 0.222 e. The zero-order valence-corrected chi connectivity index (χ0v) is 15.8. The molecule has 1 aliphatic carbocycles. The minimum absolute atomic E-state index is 0.157. The number of morpholine rings is 1. The molecule has 2 saturated heterocycles. The van der Waals surface area contributed by atoms with Crippen molar-refractivity contribution >= 4 is 5.91 Å². The van der Waals surface area contributed by atoms with E-state index in [1.807, 2.05) is 17.0 Å². The zero-order valence-electron chi connectivity index (χ0n) is 15.8. The largest absolute Gasteiger partial charge is 0.508 e. The van der Waals surface area contributed by atoms with Crippen LogP contribution < -0.4 is 0 Å². The number of phenolic OH excluding ortho intramolecular Hbond substituents is 1. The maximum atomic E-state index is 12.7. The lowest BCUT2D eigenvalue weighted by atomic mass is 9.77. The van der Waals surface area contributed by atoms with E-state index >= 15 is 0 Å². The molecule has 3 aliphatic rings. The standard InChI is InChI=1S/C21H30N2O4/c24-19-4-2-1-3-15(19)5-6-21(26)23-13-16-11-18(20(25)12-17(16)14-23)22-7-9-27-10-8-22/h1-4,16-18,20,24-25H,5-14H2/t16-,17+,18-,20-/m1/s1. The number of benzene rings is 1. The number of hydrogen-bond acceptors (Lipinski definition) is 5. The van der Waals surface area contributed by atoms with E-state index in [9.17, 15) is 15.0 Å². The first-order chi connectivity index (χ1) is 13.1. The van der Waals surface area contributed by atoms with Crippen molar-refractivity contribution in [2.45, 2.75) is 37.8 Å². The highest BCUT2D eigenvalue weighted by Gasteiger charge is 2.44. The molecule has 4 atom stereocenters. The fourth-order valence-corrected chi connectivity index (χ4v) is 5.03. The summed E-state index contributed by atoms with van der Waals surface area (Å²) < 4.78 is 5.44. The van der Waals surface area contributed by atoms with Crippen LogP contribution in [0.4, 0.5) is 0 Å². The quantitative estimate of drug-likeness (QED) is 0.830. The lowest BCUT2D eigenvalue weighted by molar-refractivity contribution is -0.130. The molecule has 148 valence electrons. The molecule has 4 rings (SSSR count). The van der Waals surface area contributed by atoms with Gasteiger partial charge in [-0.3, -0.25) is 9.69 Å². The topological polar surface area (TPSA) is 73.2 Å². The second-order valence-corrected chi connectivity index (χ2v) is 8.20. The highest BCUT2D eigenvalue weighted by atomic mass is 16.5. The summed E-state index contributed by atoms with van der Waals surface area (Å²) in [6, 6.07) is 7.41. The molecule has 0 unspecified atom stereocenters. The average molecular weight is 374 g/mol. The maximum absolute atomic E-state index is 12.7. The molecule has 1 amide bonds. The van der Waals surface area contributed by atoms with Crippen molar-refractivity contribution in [2.24, 2.45) is 11.8 Å². The number of aliphatic hydroxyl groups excluding tert-OH is 1. The van der Waals surface area contributed by atoms with Crippen molar-refractivity contribution < 1.29 is 19.7 Å². The summed E-state index contributed by atoms with van der Waals surface area (Å²) in [4.78, 5) is 17.0. The van der Waals surface area contributed by atoms with Crippen LogP contribution in [0.15, 0.2) is 24.3 Å². The number of carbonyl (C=O) groups is 1. The van der Waals surface area contributed by atoms with Crippen LogP contribution in [0.1, 0.15) is 24.8 Å². The van der Waals surface area contributed by atoms with E-state index < -0.39 is 0 Å². The van der Waals surface area contributed by atoms with Gasteiger partial charge in [0.25, 0.3) is 0 Å². The van der Waals surface area contributed by atoms with E-state index in [0.29, 0.717) is 24.7 Å². The minimum atomic E-state index is -0.305. The number of hydrogen-bond donors (Lipinski definition) is 2. The lowest BCUT2D eigenvalue weighted by Gasteiger charge is -2.43. The van der Waals surface area contributed by atoms with Crippen LogP contribution in [0.25, 0.3) is 0 Å². The molecule has 0 bridgehead atoms. The number of aryl methyl sites for hydroxylation is 1. The molecule has 6 nitrogen and oxygen atoms in total. The van der Waals surface area contributed by atoms with Crippen molar-refractivity contribution in [3.63, 3.8) is 0 Å². The smallest absolute Gasteiger partial charge is 0.222 e. The number of phenols is 1. The molecule has 1 aromatic carbocycles. The molecule has 27 heavy (non-hydrogen) atoms.